The van der Waals surface area contributed by atoms with Gasteiger partial charge in [-0.05, 0) is 55.2 Å². The molecule has 7 nitrogen and oxygen atoms in total. The molecule has 1 atom stereocenters. The number of hydrogen-bond donors (Lipinski definition) is 1. The molecule has 152 valence electrons. The first-order valence-electron chi connectivity index (χ1n) is 9.84. The van der Waals surface area contributed by atoms with Crippen LogP contribution in [0.2, 0.25) is 0 Å². The third-order valence-corrected chi connectivity index (χ3v) is 6.94. The number of fused-ring (bicyclic) bond motifs is 2. The van der Waals surface area contributed by atoms with Crippen LogP contribution in [0.3, 0.4) is 0 Å². The molecule has 0 radical (unpaired) electrons. The van der Waals surface area contributed by atoms with Gasteiger partial charge in [-0.25, -0.2) is 13.1 Å². The molecule has 1 fully saturated rings. The van der Waals surface area contributed by atoms with Gasteiger partial charge in [0.15, 0.2) is 11.5 Å². The van der Waals surface area contributed by atoms with Gasteiger partial charge in [0.05, 0.1) is 11.4 Å². The number of nitrogens with one attached hydrogen (secondary N) is 1. The maximum Gasteiger partial charge on any atom is 0.240 e. The highest BCUT2D eigenvalue weighted by Crippen LogP contribution is 2.37. The number of sulfonamides is 1. The van der Waals surface area contributed by atoms with Crippen molar-refractivity contribution in [3.8, 4) is 11.5 Å². The Labute approximate surface area is 169 Å². The maximum absolute atomic E-state index is 12.8. The number of hydrogen-bond acceptors (Lipinski definition) is 5. The zero-order chi connectivity index (χ0) is 20.0. The molecule has 8 heteroatoms. The Morgan fingerprint density at radius 3 is 2.72 bits per heavy atom. The van der Waals surface area contributed by atoms with E-state index >= 15 is 0 Å². The second-order valence-corrected chi connectivity index (χ2v) is 9.42. The molecular weight excluding hydrogens is 392 g/mol. The number of ether oxygens (including phenoxy) is 2. The first-order chi connectivity index (χ1) is 14.0. The van der Waals surface area contributed by atoms with Gasteiger partial charge in [-0.15, -0.1) is 0 Å². The van der Waals surface area contributed by atoms with E-state index in [2.05, 4.69) is 4.72 Å². The first kappa shape index (κ1) is 18.4. The molecule has 0 aromatic heterocycles. The Balaban J connectivity index is 1.27. The summed E-state index contributed by atoms with van der Waals surface area (Å²) >= 11 is 0. The second kappa shape index (κ2) is 7.03. The van der Waals surface area contributed by atoms with Crippen molar-refractivity contribution in [3.05, 3.63) is 48.0 Å². The Kier molecular flexibility index (Phi) is 4.48. The molecule has 29 heavy (non-hydrogen) atoms. The molecule has 0 unspecified atom stereocenters. The molecule has 2 aromatic rings. The van der Waals surface area contributed by atoms with E-state index in [0.717, 1.165) is 24.1 Å². The van der Waals surface area contributed by atoms with E-state index in [9.17, 15) is 13.2 Å². The van der Waals surface area contributed by atoms with Crippen molar-refractivity contribution in [3.63, 3.8) is 0 Å². The summed E-state index contributed by atoms with van der Waals surface area (Å²) in [4.78, 5) is 14.4. The lowest BCUT2D eigenvalue weighted by atomic mass is 10.2. The van der Waals surface area contributed by atoms with Gasteiger partial charge in [-0.1, -0.05) is 12.1 Å². The van der Waals surface area contributed by atoms with Crippen LogP contribution >= 0.6 is 0 Å². The number of nitrogens with zero attached hydrogens (tertiary/aromatic N) is 1. The molecule has 1 amide bonds. The monoisotopic (exact) mass is 414 g/mol. The molecule has 0 spiro atoms. The highest BCUT2D eigenvalue weighted by atomic mass is 32.2. The topological polar surface area (TPSA) is 84.9 Å². The predicted molar refractivity (Wildman–Crippen MR) is 107 cm³/mol. The number of rotatable bonds is 5. The van der Waals surface area contributed by atoms with Crippen LogP contribution < -0.4 is 19.1 Å². The Morgan fingerprint density at radius 1 is 1.14 bits per heavy atom. The number of carbonyl (C=O) groups is 1. The summed E-state index contributed by atoms with van der Waals surface area (Å²) in [6, 6.07) is 12.3. The summed E-state index contributed by atoms with van der Waals surface area (Å²) in [5.41, 5.74) is 1.73. The third-order valence-electron chi connectivity index (χ3n) is 5.52. The zero-order valence-corrected chi connectivity index (χ0v) is 16.7. The summed E-state index contributed by atoms with van der Waals surface area (Å²) in [5.74, 6) is 1.58. The normalized spacial score (nSPS) is 20.4. The molecular formula is C21H22N2O5S. The van der Waals surface area contributed by atoms with Crippen LogP contribution in [-0.4, -0.2) is 40.1 Å². The van der Waals surface area contributed by atoms with Gasteiger partial charge in [0.2, 0.25) is 15.9 Å². The fourth-order valence-electron chi connectivity index (χ4n) is 3.77. The molecule has 1 aliphatic carbocycles. The second-order valence-electron chi connectivity index (χ2n) is 7.65. The van der Waals surface area contributed by atoms with Gasteiger partial charge in [0.25, 0.3) is 0 Å². The minimum Gasteiger partial charge on any atom is -0.486 e. The van der Waals surface area contributed by atoms with E-state index in [1.807, 2.05) is 18.2 Å². The molecule has 0 saturated heterocycles. The quantitative estimate of drug-likeness (QED) is 0.810. The molecule has 3 aliphatic rings. The van der Waals surface area contributed by atoms with Gasteiger partial charge >= 0.3 is 0 Å². The maximum atomic E-state index is 12.8. The third kappa shape index (κ3) is 3.58. The SMILES string of the molecule is O=C(C1CC1)N1CCc2cc(S(=O)(=O)NC[C@H]3COc4ccccc4O3)ccc21. The van der Waals surface area contributed by atoms with Crippen molar-refractivity contribution in [1.82, 2.24) is 4.72 Å². The summed E-state index contributed by atoms with van der Waals surface area (Å²) < 4.78 is 39.6. The van der Waals surface area contributed by atoms with E-state index in [1.54, 1.807) is 29.2 Å². The van der Waals surface area contributed by atoms with E-state index in [1.165, 1.54) is 0 Å². The molecule has 1 N–H and O–H groups in total. The Bertz CT molecular complexity index is 1060. The Hall–Kier alpha value is -2.58. The van der Waals surface area contributed by atoms with Crippen molar-refractivity contribution in [1.29, 1.82) is 0 Å². The van der Waals surface area contributed by atoms with Gasteiger partial charge in [0, 0.05) is 18.2 Å². The minimum atomic E-state index is -3.69. The lowest BCUT2D eigenvalue weighted by Gasteiger charge is -2.26. The van der Waals surface area contributed by atoms with E-state index < -0.39 is 16.1 Å². The van der Waals surface area contributed by atoms with Crippen LogP contribution in [0.15, 0.2) is 47.4 Å². The fraction of sp³-hybridized carbons (Fsp3) is 0.381. The van der Waals surface area contributed by atoms with Crippen LogP contribution in [0.4, 0.5) is 5.69 Å². The predicted octanol–water partition coefficient (Wildman–Crippen LogP) is 2.10. The molecule has 2 heterocycles. The summed E-state index contributed by atoms with van der Waals surface area (Å²) in [7, 11) is -3.69. The summed E-state index contributed by atoms with van der Waals surface area (Å²) in [5, 5.41) is 0. The van der Waals surface area contributed by atoms with Crippen LogP contribution in [0.5, 0.6) is 11.5 Å². The first-order valence-corrected chi connectivity index (χ1v) is 11.3. The number of benzene rings is 2. The standard InChI is InChI=1S/C21H22N2O5S/c24-21(14-5-6-14)23-10-9-15-11-17(7-8-18(15)23)29(25,26)22-12-16-13-27-19-3-1-2-4-20(19)28-16/h1-4,7-8,11,14,16,22H,5-6,9-10,12-13H2/t16-/m0/s1. The fourth-order valence-corrected chi connectivity index (χ4v) is 4.89. The smallest absolute Gasteiger partial charge is 0.240 e. The van der Waals surface area contributed by atoms with Crippen LogP contribution in [0, 0.1) is 5.92 Å². The van der Waals surface area contributed by atoms with Gasteiger partial charge in [0.1, 0.15) is 12.7 Å². The highest BCUT2D eigenvalue weighted by Gasteiger charge is 2.36. The number of para-hydroxylation sites is 2. The minimum absolute atomic E-state index is 0.111. The molecule has 2 aromatic carbocycles. The molecule has 5 rings (SSSR count). The highest BCUT2D eigenvalue weighted by molar-refractivity contribution is 7.89. The average Bonchev–Trinajstić information content (AvgIpc) is 3.50. The number of amides is 1. The Morgan fingerprint density at radius 2 is 1.93 bits per heavy atom. The van der Waals surface area contributed by atoms with Crippen molar-refractivity contribution < 1.29 is 22.7 Å². The van der Waals surface area contributed by atoms with E-state index in [4.69, 9.17) is 9.47 Å². The summed E-state index contributed by atoms with van der Waals surface area (Å²) in [6.07, 6.45) is 2.19. The molecule has 0 bridgehead atoms. The lowest BCUT2D eigenvalue weighted by molar-refractivity contribution is -0.119. The van der Waals surface area contributed by atoms with Crippen molar-refractivity contribution >= 4 is 21.6 Å². The molecule has 2 aliphatic heterocycles. The van der Waals surface area contributed by atoms with Crippen molar-refractivity contribution in [2.24, 2.45) is 5.92 Å². The summed E-state index contributed by atoms with van der Waals surface area (Å²) in [6.45, 7) is 1.01. The zero-order valence-electron chi connectivity index (χ0n) is 15.8. The number of anilines is 1. The van der Waals surface area contributed by atoms with E-state index in [0.29, 0.717) is 24.5 Å². The number of carbonyl (C=O) groups excluding carboxylic acids is 1. The average molecular weight is 414 g/mol. The largest absolute Gasteiger partial charge is 0.486 e. The molecule has 1 saturated carbocycles. The van der Waals surface area contributed by atoms with Gasteiger partial charge < -0.3 is 14.4 Å². The van der Waals surface area contributed by atoms with Crippen LogP contribution in [0.1, 0.15) is 18.4 Å². The van der Waals surface area contributed by atoms with Gasteiger partial charge in [-0.3, -0.25) is 4.79 Å². The lowest BCUT2D eigenvalue weighted by Crippen LogP contribution is -2.40. The van der Waals surface area contributed by atoms with Crippen molar-refractivity contribution in [2.75, 3.05) is 24.6 Å². The van der Waals surface area contributed by atoms with Crippen LogP contribution in [0.25, 0.3) is 0 Å². The van der Waals surface area contributed by atoms with Crippen LogP contribution in [-0.2, 0) is 21.2 Å². The van der Waals surface area contributed by atoms with E-state index in [-0.39, 0.29) is 29.9 Å². The van der Waals surface area contributed by atoms with Gasteiger partial charge in [-0.2, -0.15) is 0 Å². The van der Waals surface area contributed by atoms with Crippen molar-refractivity contribution in [2.45, 2.75) is 30.3 Å².